The predicted octanol–water partition coefficient (Wildman–Crippen LogP) is 12.0. The van der Waals surface area contributed by atoms with Crippen molar-refractivity contribution >= 4 is 53.3 Å². The monoisotopic (exact) mass is 669 g/mol. The summed E-state index contributed by atoms with van der Waals surface area (Å²) in [6.07, 6.45) is 0. The highest BCUT2D eigenvalue weighted by atomic mass is 32.1. The van der Waals surface area contributed by atoms with Crippen LogP contribution in [0.2, 0.25) is 0 Å². The molecule has 10 rings (SSSR count). The van der Waals surface area contributed by atoms with Crippen LogP contribution in [0.4, 0.5) is 0 Å². The molecule has 0 saturated carbocycles. The molecule has 0 saturated heterocycles. The van der Waals surface area contributed by atoms with E-state index in [4.69, 9.17) is 25.0 Å². The second-order valence-electron chi connectivity index (χ2n) is 11.5. The van der Waals surface area contributed by atoms with Gasteiger partial charge in [0.05, 0.1) is 34.5 Å². The predicted molar refractivity (Wildman–Crippen MR) is 209 cm³/mol. The number of nitrogens with zero attached hydrogens (tertiary/aromatic N) is 4. The molecule has 7 aromatic carbocycles. The minimum absolute atomic E-state index is 0.0669. The maximum Gasteiger partial charge on any atom is 0.166 e. The van der Waals surface area contributed by atoms with Crippen LogP contribution in [0.5, 0.6) is 0 Å². The third-order valence-corrected chi connectivity index (χ3v) is 9.84. The number of thiophene rings is 1. The van der Waals surface area contributed by atoms with Crippen LogP contribution >= 0.6 is 11.3 Å². The first kappa shape index (κ1) is 18.4. The van der Waals surface area contributed by atoms with Crippen LogP contribution in [0.3, 0.4) is 0 Å². The summed E-state index contributed by atoms with van der Waals surface area (Å²) in [4.78, 5) is 14.4. The lowest BCUT2D eigenvalue weighted by Crippen LogP contribution is -2.04. The van der Waals surface area contributed by atoms with Crippen molar-refractivity contribution in [3.05, 3.63) is 170 Å². The summed E-state index contributed by atoms with van der Waals surface area (Å²) in [5.74, 6) is -0.232. The summed E-state index contributed by atoms with van der Waals surface area (Å²) in [6, 6.07) is 20.8. The molecule has 0 bridgehead atoms. The summed E-state index contributed by atoms with van der Waals surface area (Å²) in [6.45, 7) is 0. The van der Waals surface area contributed by atoms with Gasteiger partial charge in [-0.3, -0.25) is 0 Å². The van der Waals surface area contributed by atoms with Crippen LogP contribution < -0.4 is 0 Å². The third kappa shape index (κ3) is 4.63. The Balaban J connectivity index is 1.39. The van der Waals surface area contributed by atoms with Gasteiger partial charge in [-0.05, 0) is 41.4 Å². The number of hydrogen-bond acceptors (Lipinski definition) is 4. The number of aromatic nitrogens is 4. The molecule has 0 spiro atoms. The molecule has 0 amide bonds. The largest absolute Gasteiger partial charge is 0.309 e. The fourth-order valence-corrected chi connectivity index (χ4v) is 7.64. The maximum atomic E-state index is 9.23. The Bertz CT molecular complexity index is 3520. The van der Waals surface area contributed by atoms with Gasteiger partial charge in [0, 0.05) is 47.6 Å². The van der Waals surface area contributed by atoms with E-state index in [1.807, 2.05) is 42.5 Å². The number of fused-ring (bicyclic) bond motifs is 6. The lowest BCUT2D eigenvalue weighted by molar-refractivity contribution is 1.06. The van der Waals surface area contributed by atoms with Crippen molar-refractivity contribution < 1.29 is 17.8 Å². The smallest absolute Gasteiger partial charge is 0.166 e. The number of para-hydroxylation sites is 2. The fraction of sp³-hybridized carbons (Fsp3) is 0. The molecular formula is C45H28N4S. The Morgan fingerprint density at radius 3 is 1.88 bits per heavy atom. The molecule has 0 aliphatic heterocycles. The lowest BCUT2D eigenvalue weighted by atomic mass is 9.99. The highest BCUT2D eigenvalue weighted by Crippen LogP contribution is 2.42. The van der Waals surface area contributed by atoms with Crippen molar-refractivity contribution in [2.24, 2.45) is 0 Å². The van der Waals surface area contributed by atoms with Crippen molar-refractivity contribution in [1.29, 1.82) is 0 Å². The fourth-order valence-electron chi connectivity index (χ4n) is 6.40. The molecule has 0 radical (unpaired) electrons. The normalized spacial score (nSPS) is 15.2. The molecule has 0 fully saturated rings. The van der Waals surface area contributed by atoms with Gasteiger partial charge in [-0.15, -0.1) is 11.3 Å². The number of rotatable bonds is 5. The van der Waals surface area contributed by atoms with Gasteiger partial charge in [-0.1, -0.05) is 139 Å². The van der Waals surface area contributed by atoms with E-state index in [0.29, 0.717) is 11.1 Å². The van der Waals surface area contributed by atoms with Gasteiger partial charge in [-0.25, -0.2) is 15.0 Å². The van der Waals surface area contributed by atoms with Gasteiger partial charge < -0.3 is 4.57 Å². The average molecular weight is 670 g/mol. The molecule has 0 unspecified atom stereocenters. The molecule has 0 aliphatic carbocycles. The Morgan fingerprint density at radius 1 is 0.460 bits per heavy atom. The number of benzene rings is 7. The molecule has 5 heteroatoms. The third-order valence-electron chi connectivity index (χ3n) is 8.62. The van der Waals surface area contributed by atoms with Gasteiger partial charge in [0.1, 0.15) is 0 Å². The molecule has 234 valence electrons. The summed E-state index contributed by atoms with van der Waals surface area (Å²) in [5.41, 5.74) is 1.85. The van der Waals surface area contributed by atoms with E-state index in [1.54, 1.807) is 53.8 Å². The van der Waals surface area contributed by atoms with Gasteiger partial charge in [0.25, 0.3) is 0 Å². The summed E-state index contributed by atoms with van der Waals surface area (Å²) < 4.78 is 117. The zero-order chi connectivity index (χ0) is 44.3. The van der Waals surface area contributed by atoms with Crippen molar-refractivity contribution in [3.8, 4) is 51.0 Å². The van der Waals surface area contributed by atoms with Gasteiger partial charge in [-0.2, -0.15) is 0 Å². The highest BCUT2D eigenvalue weighted by molar-refractivity contribution is 7.26. The minimum Gasteiger partial charge on any atom is -0.309 e. The minimum atomic E-state index is -0.600. The molecular weight excluding hydrogens is 629 g/mol. The van der Waals surface area contributed by atoms with E-state index in [0.717, 1.165) is 25.7 Å². The van der Waals surface area contributed by atoms with E-state index in [9.17, 15) is 2.74 Å². The second-order valence-corrected chi connectivity index (χ2v) is 12.5. The van der Waals surface area contributed by atoms with Crippen LogP contribution in [-0.4, -0.2) is 19.5 Å². The van der Waals surface area contributed by atoms with Crippen LogP contribution in [0.1, 0.15) is 17.8 Å². The molecule has 0 N–H and O–H groups in total. The molecule has 0 atom stereocenters. The SMILES string of the molecule is [2H]c1c([2H])c([2H])c(-c2nc(-c3ccccc3)nc(-c3cc(-c4cccc5c4sc4ccccc45)ccc3-n3c4c([2H])c([2H])c([2H])c([2H])c4c4c([2H])c([2H])c([2H])c([2H])c43)n2)c([2H])c1[2H]. The Labute approximate surface area is 310 Å². The maximum absolute atomic E-state index is 9.23. The zero-order valence-electron chi connectivity index (χ0n) is 38.9. The first-order chi connectivity index (χ1) is 30.2. The molecule has 50 heavy (non-hydrogen) atoms. The lowest BCUT2D eigenvalue weighted by Gasteiger charge is -2.16. The van der Waals surface area contributed by atoms with E-state index >= 15 is 0 Å². The molecule has 3 heterocycles. The van der Waals surface area contributed by atoms with Gasteiger partial charge in [0.15, 0.2) is 17.5 Å². The van der Waals surface area contributed by atoms with E-state index < -0.39 is 78.6 Å². The molecule has 3 aromatic heterocycles. The molecule has 0 aliphatic rings. The highest BCUT2D eigenvalue weighted by Gasteiger charge is 2.21. The van der Waals surface area contributed by atoms with Crippen molar-refractivity contribution in [2.75, 3.05) is 0 Å². The average Bonchev–Trinajstić information content (AvgIpc) is 3.87. The summed E-state index contributed by atoms with van der Waals surface area (Å²) in [7, 11) is 0. The van der Waals surface area contributed by atoms with Crippen molar-refractivity contribution in [2.45, 2.75) is 0 Å². The van der Waals surface area contributed by atoms with Crippen LogP contribution in [0.25, 0.3) is 93.0 Å². The van der Waals surface area contributed by atoms with Gasteiger partial charge >= 0.3 is 0 Å². The van der Waals surface area contributed by atoms with Crippen molar-refractivity contribution in [1.82, 2.24) is 19.5 Å². The standard InChI is InChI=1S/C45H28N4S/c1-3-14-29(15-4-1)43-46-44(30-16-5-2-6-17-30)48-45(47-43)37-28-31(32-21-13-22-36-35-20-9-12-25-41(35)50-42(32)36)26-27-40(37)49-38-23-10-7-18-33(38)34-19-8-11-24-39(34)49/h1-28H/i1D,3D,4D,7D,8D,10D,11D,14D,15D,18D,19D,23D,24D. The Kier molecular flexibility index (Phi) is 4.27. The van der Waals surface area contributed by atoms with Crippen molar-refractivity contribution in [3.63, 3.8) is 0 Å². The zero-order valence-corrected chi connectivity index (χ0v) is 26.7. The molecule has 10 aromatic rings. The van der Waals surface area contributed by atoms with Gasteiger partial charge in [0.2, 0.25) is 0 Å². The first-order valence-corrected chi connectivity index (χ1v) is 16.5. The van der Waals surface area contributed by atoms with Crippen LogP contribution in [-0.2, 0) is 0 Å². The topological polar surface area (TPSA) is 43.6 Å². The second kappa shape index (κ2) is 11.6. The van der Waals surface area contributed by atoms with Crippen LogP contribution in [0, 0.1) is 0 Å². The number of hydrogen-bond donors (Lipinski definition) is 0. The molecule has 4 nitrogen and oxygen atoms in total. The van der Waals surface area contributed by atoms with E-state index in [2.05, 4.69) is 11.1 Å². The Morgan fingerprint density at radius 2 is 1.10 bits per heavy atom. The quantitative estimate of drug-likeness (QED) is 0.183. The Hall–Kier alpha value is -6.43. The van der Waals surface area contributed by atoms with E-state index in [1.165, 1.54) is 4.57 Å². The van der Waals surface area contributed by atoms with Crippen LogP contribution in [0.15, 0.2) is 170 Å². The summed E-state index contributed by atoms with van der Waals surface area (Å²) in [5, 5.41) is 1.85. The van der Waals surface area contributed by atoms with E-state index in [-0.39, 0.29) is 56.1 Å². The summed E-state index contributed by atoms with van der Waals surface area (Å²) >= 11 is 1.60. The first-order valence-electron chi connectivity index (χ1n) is 22.1.